The van der Waals surface area contributed by atoms with E-state index in [0.29, 0.717) is 5.92 Å². The number of benzene rings is 2. The summed E-state index contributed by atoms with van der Waals surface area (Å²) >= 11 is 0. The summed E-state index contributed by atoms with van der Waals surface area (Å²) in [6, 6.07) is 14.0. The van der Waals surface area contributed by atoms with Gasteiger partial charge in [-0.2, -0.15) is 5.10 Å². The second kappa shape index (κ2) is 6.93. The Bertz CT molecular complexity index is 856. The van der Waals surface area contributed by atoms with Gasteiger partial charge in [-0.3, -0.25) is 4.68 Å². The van der Waals surface area contributed by atoms with Crippen LogP contribution in [0, 0.1) is 5.92 Å². The predicted molar refractivity (Wildman–Crippen MR) is 97.3 cm³/mol. The Hall–Kier alpha value is -2.89. The highest BCUT2D eigenvalue weighted by Gasteiger charge is 2.24. The van der Waals surface area contributed by atoms with Gasteiger partial charge < -0.3 is 10.2 Å². The van der Waals surface area contributed by atoms with Crippen LogP contribution >= 0.6 is 0 Å². The number of anilines is 1. The number of piperidine rings is 1. The van der Waals surface area contributed by atoms with Gasteiger partial charge in [-0.1, -0.05) is 36.4 Å². The number of rotatable bonds is 3. The maximum Gasteiger partial charge on any atom is 0.321 e. The molecule has 0 saturated carbocycles. The number of nitrogens with one attached hydrogen (secondary N) is 1. The lowest BCUT2D eigenvalue weighted by Crippen LogP contribution is -2.43. The van der Waals surface area contributed by atoms with Gasteiger partial charge in [0.15, 0.2) is 0 Å². The molecule has 25 heavy (non-hydrogen) atoms. The summed E-state index contributed by atoms with van der Waals surface area (Å²) in [6.07, 6.45) is 5.41. The second-order valence-corrected chi connectivity index (χ2v) is 6.53. The Morgan fingerprint density at radius 2 is 2.08 bits per heavy atom. The zero-order valence-electron chi connectivity index (χ0n) is 14.0. The number of carbonyl (C=O) groups is 1. The van der Waals surface area contributed by atoms with Crippen LogP contribution in [0.25, 0.3) is 10.8 Å². The third-order valence-corrected chi connectivity index (χ3v) is 4.75. The Labute approximate surface area is 146 Å². The van der Waals surface area contributed by atoms with E-state index in [1.54, 1.807) is 12.7 Å². The average molecular weight is 335 g/mol. The van der Waals surface area contributed by atoms with Gasteiger partial charge in [0.1, 0.15) is 12.7 Å². The molecule has 1 aliphatic rings. The molecule has 3 aromatic rings. The Kier molecular flexibility index (Phi) is 4.33. The van der Waals surface area contributed by atoms with Crippen molar-refractivity contribution in [2.75, 3.05) is 18.4 Å². The molecule has 1 aliphatic heterocycles. The van der Waals surface area contributed by atoms with Crippen molar-refractivity contribution in [2.24, 2.45) is 5.92 Å². The van der Waals surface area contributed by atoms with Crippen molar-refractivity contribution in [3.63, 3.8) is 0 Å². The third-order valence-electron chi connectivity index (χ3n) is 4.75. The molecule has 6 heteroatoms. The van der Waals surface area contributed by atoms with Crippen LogP contribution in [-0.4, -0.2) is 38.8 Å². The molecule has 4 rings (SSSR count). The van der Waals surface area contributed by atoms with Crippen molar-refractivity contribution in [3.05, 3.63) is 55.1 Å². The highest BCUT2D eigenvalue weighted by molar-refractivity contribution is 6.01. The van der Waals surface area contributed by atoms with Crippen LogP contribution in [0.4, 0.5) is 10.5 Å². The molecular formula is C19H21N5O. The van der Waals surface area contributed by atoms with Gasteiger partial charge in [0.25, 0.3) is 0 Å². The SMILES string of the molecule is O=C(Nc1cccc2ccccc12)N1CCCC(Cn2cncn2)C1. The van der Waals surface area contributed by atoms with Gasteiger partial charge in [0, 0.05) is 25.0 Å². The number of carbonyl (C=O) groups excluding carboxylic acids is 1. The quantitative estimate of drug-likeness (QED) is 0.798. The van der Waals surface area contributed by atoms with E-state index in [0.717, 1.165) is 48.9 Å². The van der Waals surface area contributed by atoms with E-state index in [2.05, 4.69) is 27.5 Å². The lowest BCUT2D eigenvalue weighted by molar-refractivity contribution is 0.168. The van der Waals surface area contributed by atoms with Crippen molar-refractivity contribution >= 4 is 22.5 Å². The zero-order valence-corrected chi connectivity index (χ0v) is 14.0. The van der Waals surface area contributed by atoms with Crippen LogP contribution in [0.1, 0.15) is 12.8 Å². The summed E-state index contributed by atoms with van der Waals surface area (Å²) in [5.41, 5.74) is 0.862. The summed E-state index contributed by atoms with van der Waals surface area (Å²) in [7, 11) is 0. The van der Waals surface area contributed by atoms with Crippen molar-refractivity contribution in [2.45, 2.75) is 19.4 Å². The first-order valence-corrected chi connectivity index (χ1v) is 8.66. The molecule has 6 nitrogen and oxygen atoms in total. The minimum atomic E-state index is -0.0281. The van der Waals surface area contributed by atoms with Crippen molar-refractivity contribution in [1.29, 1.82) is 0 Å². The fourth-order valence-corrected chi connectivity index (χ4v) is 3.52. The van der Waals surface area contributed by atoms with Gasteiger partial charge in [-0.05, 0) is 30.2 Å². The molecule has 2 aromatic carbocycles. The summed E-state index contributed by atoms with van der Waals surface area (Å²) < 4.78 is 1.84. The van der Waals surface area contributed by atoms with E-state index < -0.39 is 0 Å². The molecule has 0 spiro atoms. The first kappa shape index (κ1) is 15.6. The molecule has 1 N–H and O–H groups in total. The van der Waals surface area contributed by atoms with E-state index >= 15 is 0 Å². The molecule has 128 valence electrons. The van der Waals surface area contributed by atoms with Crippen molar-refractivity contribution < 1.29 is 4.79 Å². The topological polar surface area (TPSA) is 63.1 Å². The van der Waals surface area contributed by atoms with Crippen LogP contribution < -0.4 is 5.32 Å². The van der Waals surface area contributed by atoms with Crippen LogP contribution in [0.2, 0.25) is 0 Å². The lowest BCUT2D eigenvalue weighted by Gasteiger charge is -2.32. The Morgan fingerprint density at radius 1 is 1.20 bits per heavy atom. The Balaban J connectivity index is 1.45. The summed E-state index contributed by atoms with van der Waals surface area (Å²) in [6.45, 7) is 2.35. The molecule has 0 bridgehead atoms. The summed E-state index contributed by atoms with van der Waals surface area (Å²) in [4.78, 5) is 18.6. The van der Waals surface area contributed by atoms with E-state index in [1.165, 1.54) is 0 Å². The fraction of sp³-hybridized carbons (Fsp3) is 0.316. The smallest absolute Gasteiger partial charge is 0.321 e. The number of hydrogen-bond acceptors (Lipinski definition) is 3. The first-order valence-electron chi connectivity index (χ1n) is 8.66. The monoisotopic (exact) mass is 335 g/mol. The number of aromatic nitrogens is 3. The Morgan fingerprint density at radius 3 is 2.96 bits per heavy atom. The number of fused-ring (bicyclic) bond motifs is 1. The molecule has 1 fully saturated rings. The number of hydrogen-bond donors (Lipinski definition) is 1. The standard InChI is InChI=1S/C19H21N5O/c25-19(22-18-9-3-7-16-6-1-2-8-17(16)18)23-10-4-5-15(11-23)12-24-14-20-13-21-24/h1-3,6-9,13-15H,4-5,10-12H2,(H,22,25). The minimum absolute atomic E-state index is 0.0281. The van der Waals surface area contributed by atoms with Crippen molar-refractivity contribution in [1.82, 2.24) is 19.7 Å². The molecular weight excluding hydrogens is 314 g/mol. The van der Waals surface area contributed by atoms with Crippen LogP contribution in [0.5, 0.6) is 0 Å². The average Bonchev–Trinajstić information content (AvgIpc) is 3.15. The van der Waals surface area contributed by atoms with Crippen LogP contribution in [0.3, 0.4) is 0 Å². The maximum absolute atomic E-state index is 12.7. The minimum Gasteiger partial charge on any atom is -0.324 e. The van der Waals surface area contributed by atoms with E-state index in [-0.39, 0.29) is 6.03 Å². The van der Waals surface area contributed by atoms with Gasteiger partial charge in [-0.25, -0.2) is 9.78 Å². The van der Waals surface area contributed by atoms with E-state index in [1.807, 2.05) is 39.9 Å². The van der Waals surface area contributed by atoms with Gasteiger partial charge >= 0.3 is 6.03 Å². The first-order chi connectivity index (χ1) is 12.3. The highest BCUT2D eigenvalue weighted by atomic mass is 16.2. The van der Waals surface area contributed by atoms with E-state index in [9.17, 15) is 4.79 Å². The number of amides is 2. The van der Waals surface area contributed by atoms with E-state index in [4.69, 9.17) is 0 Å². The number of urea groups is 1. The molecule has 1 saturated heterocycles. The van der Waals surface area contributed by atoms with Crippen LogP contribution in [-0.2, 0) is 6.54 Å². The summed E-state index contributed by atoms with van der Waals surface area (Å²) in [5.74, 6) is 0.411. The molecule has 1 unspecified atom stereocenters. The zero-order chi connectivity index (χ0) is 17.1. The summed E-state index contributed by atoms with van der Waals surface area (Å²) in [5, 5.41) is 9.45. The fourth-order valence-electron chi connectivity index (χ4n) is 3.52. The maximum atomic E-state index is 12.7. The van der Waals surface area contributed by atoms with Gasteiger partial charge in [0.05, 0.1) is 5.69 Å². The van der Waals surface area contributed by atoms with Gasteiger partial charge in [0.2, 0.25) is 0 Å². The lowest BCUT2D eigenvalue weighted by atomic mass is 9.98. The second-order valence-electron chi connectivity index (χ2n) is 6.53. The third kappa shape index (κ3) is 3.47. The molecule has 1 atom stereocenters. The number of nitrogens with zero attached hydrogens (tertiary/aromatic N) is 4. The molecule has 0 radical (unpaired) electrons. The molecule has 2 heterocycles. The normalized spacial score (nSPS) is 17.6. The molecule has 0 aliphatic carbocycles. The molecule has 2 amide bonds. The molecule has 1 aromatic heterocycles. The predicted octanol–water partition coefficient (Wildman–Crippen LogP) is 3.38. The highest BCUT2D eigenvalue weighted by Crippen LogP contribution is 2.24. The largest absolute Gasteiger partial charge is 0.324 e. The number of likely N-dealkylation sites (tertiary alicyclic amines) is 1. The van der Waals surface area contributed by atoms with Crippen molar-refractivity contribution in [3.8, 4) is 0 Å². The van der Waals surface area contributed by atoms with Crippen LogP contribution in [0.15, 0.2) is 55.1 Å². The van der Waals surface area contributed by atoms with Gasteiger partial charge in [-0.15, -0.1) is 0 Å².